The van der Waals surface area contributed by atoms with Crippen LogP contribution in [-0.4, -0.2) is 23.9 Å². The van der Waals surface area contributed by atoms with Crippen LogP contribution in [0, 0.1) is 12.3 Å². The summed E-state index contributed by atoms with van der Waals surface area (Å²) in [6.45, 7) is 0.243. The molecule has 0 aromatic carbocycles. The van der Waals surface area contributed by atoms with Gasteiger partial charge in [0.2, 0.25) is 0 Å². The molecular formula is C13H14O2S. The van der Waals surface area contributed by atoms with Crippen LogP contribution >= 0.6 is 11.3 Å². The van der Waals surface area contributed by atoms with Gasteiger partial charge in [-0.2, -0.15) is 0 Å². The Kier molecular flexibility index (Phi) is 3.79. The van der Waals surface area contributed by atoms with Crippen molar-refractivity contribution >= 4 is 17.4 Å². The van der Waals surface area contributed by atoms with Crippen molar-refractivity contribution in [2.24, 2.45) is 0 Å². The van der Waals surface area contributed by atoms with Crippen molar-refractivity contribution in [3.8, 4) is 12.3 Å². The summed E-state index contributed by atoms with van der Waals surface area (Å²) in [6, 6.07) is 3.96. The number of thiophene rings is 1. The SMILES string of the molecule is C#Cc1ccc(C=CC2OC2CCCO)s1. The van der Waals surface area contributed by atoms with E-state index in [0.29, 0.717) is 6.10 Å². The Hall–Kier alpha value is -1.08. The molecule has 1 aromatic rings. The lowest BCUT2D eigenvalue weighted by atomic mass is 10.2. The molecule has 2 unspecified atom stereocenters. The summed E-state index contributed by atoms with van der Waals surface area (Å²) < 4.78 is 5.44. The first kappa shape index (κ1) is 11.4. The molecule has 3 heteroatoms. The monoisotopic (exact) mass is 234 g/mol. The Bertz CT molecular complexity index is 414. The summed E-state index contributed by atoms with van der Waals surface area (Å²) >= 11 is 1.60. The van der Waals surface area contributed by atoms with Gasteiger partial charge >= 0.3 is 0 Å². The second-order valence-corrected chi connectivity index (χ2v) is 4.83. The smallest absolute Gasteiger partial charge is 0.103 e. The van der Waals surface area contributed by atoms with Crippen molar-refractivity contribution < 1.29 is 9.84 Å². The van der Waals surface area contributed by atoms with Crippen LogP contribution in [-0.2, 0) is 4.74 Å². The average molecular weight is 234 g/mol. The van der Waals surface area contributed by atoms with Crippen molar-refractivity contribution in [3.05, 3.63) is 28.0 Å². The third kappa shape index (κ3) is 2.96. The standard InChI is InChI=1S/C13H14O2S/c1-2-10-5-6-11(16-10)7-8-13-12(15-13)4-3-9-14/h1,5-8,12-14H,3-4,9H2. The second-order valence-electron chi connectivity index (χ2n) is 3.71. The molecule has 16 heavy (non-hydrogen) atoms. The van der Waals surface area contributed by atoms with Crippen LogP contribution in [0.1, 0.15) is 22.6 Å². The summed E-state index contributed by atoms with van der Waals surface area (Å²) in [4.78, 5) is 2.11. The Morgan fingerprint density at radius 3 is 3.12 bits per heavy atom. The third-order valence-corrected chi connectivity index (χ3v) is 3.47. The normalized spacial score (nSPS) is 23.5. The quantitative estimate of drug-likeness (QED) is 0.626. The Labute approximate surface area is 99.6 Å². The van der Waals surface area contributed by atoms with E-state index in [-0.39, 0.29) is 12.7 Å². The van der Waals surface area contributed by atoms with Gasteiger partial charge in [0, 0.05) is 11.5 Å². The lowest BCUT2D eigenvalue weighted by molar-refractivity contribution is 0.273. The fourth-order valence-electron chi connectivity index (χ4n) is 1.56. The summed E-state index contributed by atoms with van der Waals surface area (Å²) in [5.74, 6) is 2.61. The van der Waals surface area contributed by atoms with Crippen molar-refractivity contribution in [1.29, 1.82) is 0 Å². The van der Waals surface area contributed by atoms with Gasteiger partial charge in [-0.25, -0.2) is 0 Å². The van der Waals surface area contributed by atoms with Crippen molar-refractivity contribution in [3.63, 3.8) is 0 Å². The number of rotatable bonds is 5. The number of ether oxygens (including phenoxy) is 1. The van der Waals surface area contributed by atoms with Crippen LogP contribution in [0.2, 0.25) is 0 Å². The Morgan fingerprint density at radius 1 is 1.56 bits per heavy atom. The Balaban J connectivity index is 1.80. The van der Waals surface area contributed by atoms with E-state index in [0.717, 1.165) is 22.6 Å². The zero-order valence-electron chi connectivity index (χ0n) is 8.93. The maximum Gasteiger partial charge on any atom is 0.103 e. The highest BCUT2D eigenvalue weighted by Gasteiger charge is 2.35. The van der Waals surface area contributed by atoms with E-state index < -0.39 is 0 Å². The van der Waals surface area contributed by atoms with Gasteiger partial charge in [-0.1, -0.05) is 12.0 Å². The number of epoxide rings is 1. The van der Waals surface area contributed by atoms with Crippen LogP contribution in [0.3, 0.4) is 0 Å². The summed E-state index contributed by atoms with van der Waals surface area (Å²) in [6.07, 6.45) is 11.7. The number of aliphatic hydroxyl groups excluding tert-OH is 1. The fourth-order valence-corrected chi connectivity index (χ4v) is 2.29. The molecule has 1 fully saturated rings. The third-order valence-electron chi connectivity index (χ3n) is 2.49. The predicted octanol–water partition coefficient (Wildman–Crippen LogP) is 2.28. The maximum absolute atomic E-state index is 8.68. The number of hydrogen-bond acceptors (Lipinski definition) is 3. The first-order valence-electron chi connectivity index (χ1n) is 5.34. The molecule has 0 saturated carbocycles. The maximum atomic E-state index is 8.68. The molecule has 0 aliphatic carbocycles. The van der Waals surface area contributed by atoms with Gasteiger partial charge in [0.1, 0.15) is 6.10 Å². The van der Waals surface area contributed by atoms with Crippen molar-refractivity contribution in [2.75, 3.05) is 6.61 Å². The molecule has 84 valence electrons. The van der Waals surface area contributed by atoms with Crippen molar-refractivity contribution in [1.82, 2.24) is 0 Å². The molecule has 0 radical (unpaired) electrons. The molecule has 2 heterocycles. The van der Waals surface area contributed by atoms with E-state index in [1.807, 2.05) is 12.1 Å². The molecule has 2 rings (SSSR count). The minimum atomic E-state index is 0.225. The van der Waals surface area contributed by atoms with Crippen LogP contribution < -0.4 is 0 Å². The highest BCUT2D eigenvalue weighted by molar-refractivity contribution is 7.13. The van der Waals surface area contributed by atoms with E-state index >= 15 is 0 Å². The Morgan fingerprint density at radius 2 is 2.44 bits per heavy atom. The van der Waals surface area contributed by atoms with Gasteiger partial charge in [0.05, 0.1) is 11.0 Å². The molecule has 2 atom stereocenters. The average Bonchev–Trinajstić information content (AvgIpc) is 2.90. The first-order chi connectivity index (χ1) is 7.83. The molecule has 0 spiro atoms. The summed E-state index contributed by atoms with van der Waals surface area (Å²) in [7, 11) is 0. The minimum Gasteiger partial charge on any atom is -0.396 e. The van der Waals surface area contributed by atoms with Gasteiger partial charge in [0.15, 0.2) is 0 Å². The zero-order valence-corrected chi connectivity index (χ0v) is 9.74. The molecule has 2 nitrogen and oxygen atoms in total. The van der Waals surface area contributed by atoms with E-state index in [1.54, 1.807) is 11.3 Å². The fraction of sp³-hybridized carbons (Fsp3) is 0.385. The lowest BCUT2D eigenvalue weighted by Gasteiger charge is -1.88. The molecule has 1 aromatic heterocycles. The van der Waals surface area contributed by atoms with Gasteiger partial charge in [-0.15, -0.1) is 17.8 Å². The largest absolute Gasteiger partial charge is 0.396 e. The van der Waals surface area contributed by atoms with Crippen LogP contribution in [0.25, 0.3) is 6.08 Å². The summed E-state index contributed by atoms with van der Waals surface area (Å²) in [5, 5.41) is 8.68. The van der Waals surface area contributed by atoms with Gasteiger partial charge in [-0.3, -0.25) is 0 Å². The highest BCUT2D eigenvalue weighted by atomic mass is 32.1. The van der Waals surface area contributed by atoms with E-state index in [1.165, 1.54) is 0 Å². The first-order valence-corrected chi connectivity index (χ1v) is 6.16. The molecular weight excluding hydrogens is 220 g/mol. The summed E-state index contributed by atoms with van der Waals surface area (Å²) in [5.41, 5.74) is 0. The van der Waals surface area contributed by atoms with Crippen molar-refractivity contribution in [2.45, 2.75) is 25.0 Å². The van der Waals surface area contributed by atoms with Crippen LogP contribution in [0.4, 0.5) is 0 Å². The molecule has 1 saturated heterocycles. The number of aliphatic hydroxyl groups is 1. The number of terminal acetylenes is 1. The molecule has 1 aliphatic heterocycles. The van der Waals surface area contributed by atoms with E-state index in [2.05, 4.69) is 18.1 Å². The molecule has 1 aliphatic rings. The van der Waals surface area contributed by atoms with Gasteiger partial charge < -0.3 is 9.84 Å². The lowest BCUT2D eigenvalue weighted by Crippen LogP contribution is -1.92. The molecule has 1 N–H and O–H groups in total. The van der Waals surface area contributed by atoms with Crippen LogP contribution in [0.15, 0.2) is 18.2 Å². The zero-order chi connectivity index (χ0) is 11.4. The highest BCUT2D eigenvalue weighted by Crippen LogP contribution is 2.28. The second kappa shape index (κ2) is 5.31. The van der Waals surface area contributed by atoms with Crippen LogP contribution in [0.5, 0.6) is 0 Å². The molecule has 0 bridgehead atoms. The predicted molar refractivity (Wildman–Crippen MR) is 66.3 cm³/mol. The van der Waals surface area contributed by atoms with Gasteiger partial charge in [0.25, 0.3) is 0 Å². The number of hydrogen-bond donors (Lipinski definition) is 1. The van der Waals surface area contributed by atoms with E-state index in [9.17, 15) is 0 Å². The van der Waals surface area contributed by atoms with Gasteiger partial charge in [-0.05, 0) is 31.1 Å². The molecule has 0 amide bonds. The minimum absolute atomic E-state index is 0.225. The van der Waals surface area contributed by atoms with E-state index in [4.69, 9.17) is 16.3 Å². The topological polar surface area (TPSA) is 32.8 Å².